The molecule has 1 N–H and O–H groups in total. The predicted molar refractivity (Wildman–Crippen MR) is 63.2 cm³/mol. The van der Waals surface area contributed by atoms with Crippen molar-refractivity contribution in [3.63, 3.8) is 0 Å². The fourth-order valence-corrected chi connectivity index (χ4v) is 1.39. The van der Waals surface area contributed by atoms with Crippen molar-refractivity contribution in [1.82, 2.24) is 5.32 Å². The maximum absolute atomic E-state index is 11.4. The Labute approximate surface area is 95.1 Å². The zero-order valence-corrected chi connectivity index (χ0v) is 9.27. The summed E-state index contributed by atoms with van der Waals surface area (Å²) in [6, 6.07) is 8.01. The number of hydrogen-bond donors (Lipinski definition) is 1. The summed E-state index contributed by atoms with van der Waals surface area (Å²) in [7, 11) is 1.63. The van der Waals surface area contributed by atoms with Crippen LogP contribution in [0.15, 0.2) is 30.3 Å². The summed E-state index contributed by atoms with van der Waals surface area (Å²) in [5.74, 6) is 0.773. The molecule has 0 atom stereocenters. The van der Waals surface area contributed by atoms with Crippen LogP contribution in [0.1, 0.15) is 18.4 Å². The van der Waals surface area contributed by atoms with Crippen LogP contribution < -0.4 is 10.1 Å². The lowest BCUT2D eigenvalue weighted by Gasteiger charge is -2.00. The first-order valence-corrected chi connectivity index (χ1v) is 5.40. The zero-order valence-electron chi connectivity index (χ0n) is 9.27. The fraction of sp³-hybridized carbons (Fsp3) is 0.308. The number of hydrogen-bond acceptors (Lipinski definition) is 2. The van der Waals surface area contributed by atoms with Crippen molar-refractivity contribution in [3.8, 4) is 5.75 Å². The summed E-state index contributed by atoms with van der Waals surface area (Å²) >= 11 is 0. The maximum Gasteiger partial charge on any atom is 0.244 e. The van der Waals surface area contributed by atoms with Gasteiger partial charge in [-0.15, -0.1) is 0 Å². The number of ether oxygens (including phenoxy) is 1. The Morgan fingerprint density at radius 2 is 2.31 bits per heavy atom. The number of carbonyl (C=O) groups excluding carboxylic acids is 1. The molecule has 0 radical (unpaired) electrons. The van der Waals surface area contributed by atoms with Crippen molar-refractivity contribution in [2.75, 3.05) is 7.11 Å². The quantitative estimate of drug-likeness (QED) is 0.783. The van der Waals surface area contributed by atoms with E-state index in [-0.39, 0.29) is 5.91 Å². The lowest BCUT2D eigenvalue weighted by molar-refractivity contribution is -0.116. The van der Waals surface area contributed by atoms with Crippen LogP contribution in [0.5, 0.6) is 5.75 Å². The van der Waals surface area contributed by atoms with Crippen LogP contribution in [0.2, 0.25) is 0 Å². The number of benzene rings is 1. The molecule has 1 aromatic carbocycles. The zero-order chi connectivity index (χ0) is 11.4. The van der Waals surface area contributed by atoms with Crippen LogP contribution in [0.4, 0.5) is 0 Å². The Kier molecular flexibility index (Phi) is 3.25. The minimum Gasteiger partial charge on any atom is -0.497 e. The second-order valence-corrected chi connectivity index (χ2v) is 3.89. The van der Waals surface area contributed by atoms with Gasteiger partial charge < -0.3 is 10.1 Å². The normalized spacial score (nSPS) is 15.1. The smallest absolute Gasteiger partial charge is 0.244 e. The first-order valence-electron chi connectivity index (χ1n) is 5.40. The molecular formula is C13H15NO2. The minimum atomic E-state index is -0.0229. The van der Waals surface area contributed by atoms with E-state index in [1.54, 1.807) is 19.3 Å². The van der Waals surface area contributed by atoms with E-state index in [4.69, 9.17) is 4.74 Å². The summed E-state index contributed by atoms with van der Waals surface area (Å²) in [5, 5.41) is 2.90. The Morgan fingerprint density at radius 3 is 3.00 bits per heavy atom. The minimum absolute atomic E-state index is 0.0229. The molecule has 16 heavy (non-hydrogen) atoms. The molecule has 1 saturated carbocycles. The van der Waals surface area contributed by atoms with Crippen LogP contribution in [0.25, 0.3) is 6.08 Å². The van der Waals surface area contributed by atoms with Gasteiger partial charge in [-0.2, -0.15) is 0 Å². The van der Waals surface area contributed by atoms with Crippen molar-refractivity contribution >= 4 is 12.0 Å². The van der Waals surface area contributed by atoms with Gasteiger partial charge >= 0.3 is 0 Å². The monoisotopic (exact) mass is 217 g/mol. The topological polar surface area (TPSA) is 38.3 Å². The van der Waals surface area contributed by atoms with Gasteiger partial charge in [0.1, 0.15) is 5.75 Å². The van der Waals surface area contributed by atoms with Gasteiger partial charge in [0.05, 0.1) is 7.11 Å². The van der Waals surface area contributed by atoms with Crippen molar-refractivity contribution in [3.05, 3.63) is 35.9 Å². The average Bonchev–Trinajstić information content (AvgIpc) is 3.10. The molecule has 84 valence electrons. The number of amides is 1. The highest BCUT2D eigenvalue weighted by Gasteiger charge is 2.21. The number of methoxy groups -OCH3 is 1. The molecule has 0 saturated heterocycles. The molecule has 2 rings (SSSR count). The summed E-state index contributed by atoms with van der Waals surface area (Å²) in [6.07, 6.45) is 5.57. The van der Waals surface area contributed by atoms with Gasteiger partial charge in [-0.25, -0.2) is 0 Å². The van der Waals surface area contributed by atoms with Gasteiger partial charge in [-0.05, 0) is 36.6 Å². The van der Waals surface area contributed by atoms with E-state index < -0.39 is 0 Å². The molecule has 0 unspecified atom stereocenters. The largest absolute Gasteiger partial charge is 0.497 e. The predicted octanol–water partition coefficient (Wildman–Crippen LogP) is 1.99. The summed E-state index contributed by atoms with van der Waals surface area (Å²) in [6.45, 7) is 0. The molecule has 0 heterocycles. The Hall–Kier alpha value is -1.77. The van der Waals surface area contributed by atoms with E-state index in [9.17, 15) is 4.79 Å². The van der Waals surface area contributed by atoms with E-state index in [2.05, 4.69) is 5.32 Å². The number of carbonyl (C=O) groups is 1. The van der Waals surface area contributed by atoms with Gasteiger partial charge in [0.15, 0.2) is 0 Å². The SMILES string of the molecule is COc1cccc(/C=C/C(=O)NC2CC2)c1. The average molecular weight is 217 g/mol. The molecule has 0 aliphatic heterocycles. The van der Waals surface area contributed by atoms with E-state index >= 15 is 0 Å². The van der Waals surface area contributed by atoms with Gasteiger partial charge in [-0.1, -0.05) is 12.1 Å². The molecule has 1 aliphatic rings. The maximum atomic E-state index is 11.4. The lowest BCUT2D eigenvalue weighted by Crippen LogP contribution is -2.22. The highest BCUT2D eigenvalue weighted by atomic mass is 16.5. The number of nitrogens with one attached hydrogen (secondary N) is 1. The third kappa shape index (κ3) is 3.12. The molecule has 0 aromatic heterocycles. The molecule has 3 heteroatoms. The van der Waals surface area contributed by atoms with Crippen LogP contribution in [0, 0.1) is 0 Å². The van der Waals surface area contributed by atoms with Crippen molar-refractivity contribution in [2.45, 2.75) is 18.9 Å². The van der Waals surface area contributed by atoms with Crippen LogP contribution in [-0.4, -0.2) is 19.1 Å². The van der Waals surface area contributed by atoms with E-state index in [1.165, 1.54) is 0 Å². The van der Waals surface area contributed by atoms with Crippen LogP contribution in [0.3, 0.4) is 0 Å². The highest BCUT2D eigenvalue weighted by Crippen LogP contribution is 2.18. The molecule has 3 nitrogen and oxygen atoms in total. The Morgan fingerprint density at radius 1 is 1.50 bits per heavy atom. The van der Waals surface area contributed by atoms with Crippen molar-refractivity contribution in [1.29, 1.82) is 0 Å². The molecule has 1 fully saturated rings. The van der Waals surface area contributed by atoms with Gasteiger partial charge in [0, 0.05) is 12.1 Å². The summed E-state index contributed by atoms with van der Waals surface area (Å²) < 4.78 is 5.10. The molecule has 0 bridgehead atoms. The van der Waals surface area contributed by atoms with E-state index in [1.807, 2.05) is 24.3 Å². The second-order valence-electron chi connectivity index (χ2n) is 3.89. The number of rotatable bonds is 4. The van der Waals surface area contributed by atoms with E-state index in [0.717, 1.165) is 24.2 Å². The fourth-order valence-electron chi connectivity index (χ4n) is 1.39. The molecule has 1 aromatic rings. The molecule has 1 aliphatic carbocycles. The van der Waals surface area contributed by atoms with E-state index in [0.29, 0.717) is 6.04 Å². The van der Waals surface area contributed by atoms with Gasteiger partial charge in [0.25, 0.3) is 0 Å². The standard InChI is InChI=1S/C13H15NO2/c1-16-12-4-2-3-10(9-12)5-8-13(15)14-11-6-7-11/h2-5,8-9,11H,6-7H2,1H3,(H,14,15)/b8-5+. The highest BCUT2D eigenvalue weighted by molar-refractivity contribution is 5.92. The Bertz CT molecular complexity index is 408. The van der Waals surface area contributed by atoms with Gasteiger partial charge in [0.2, 0.25) is 5.91 Å². The Balaban J connectivity index is 1.95. The third-order valence-electron chi connectivity index (χ3n) is 2.44. The lowest BCUT2D eigenvalue weighted by atomic mass is 10.2. The third-order valence-corrected chi connectivity index (χ3v) is 2.44. The first-order chi connectivity index (χ1) is 7.78. The molecule has 0 spiro atoms. The van der Waals surface area contributed by atoms with Gasteiger partial charge in [-0.3, -0.25) is 4.79 Å². The van der Waals surface area contributed by atoms with Crippen LogP contribution >= 0.6 is 0 Å². The molecular weight excluding hydrogens is 202 g/mol. The second kappa shape index (κ2) is 4.84. The summed E-state index contributed by atoms with van der Waals surface area (Å²) in [4.78, 5) is 11.4. The first kappa shape index (κ1) is 10.7. The summed E-state index contributed by atoms with van der Waals surface area (Å²) in [5.41, 5.74) is 0.963. The molecule has 1 amide bonds. The van der Waals surface area contributed by atoms with Crippen LogP contribution in [-0.2, 0) is 4.79 Å². The van der Waals surface area contributed by atoms with Crippen molar-refractivity contribution in [2.24, 2.45) is 0 Å². The van der Waals surface area contributed by atoms with Crippen molar-refractivity contribution < 1.29 is 9.53 Å².